The minimum atomic E-state index is -0.837. The average molecular weight is 294 g/mol. The van der Waals surface area contributed by atoms with E-state index in [0.717, 1.165) is 5.56 Å². The number of urea groups is 1. The maximum atomic E-state index is 11.8. The maximum Gasteiger partial charge on any atom is 0.319 e. The van der Waals surface area contributed by atoms with Crippen LogP contribution in [0, 0.1) is 0 Å². The van der Waals surface area contributed by atoms with Crippen molar-refractivity contribution in [1.29, 1.82) is 0 Å². The Morgan fingerprint density at radius 3 is 2.81 bits per heavy atom. The minimum Gasteiger partial charge on any atom is -0.481 e. The molecule has 2 amide bonds. The van der Waals surface area contributed by atoms with Gasteiger partial charge in [0.2, 0.25) is 0 Å². The van der Waals surface area contributed by atoms with Gasteiger partial charge in [0.1, 0.15) is 0 Å². The Hall–Kier alpha value is -2.08. The third-order valence-electron chi connectivity index (χ3n) is 2.76. The van der Waals surface area contributed by atoms with Gasteiger partial charge in [-0.25, -0.2) is 4.79 Å². The molecule has 1 atom stereocenters. The van der Waals surface area contributed by atoms with E-state index in [1.807, 2.05) is 19.9 Å². The topological polar surface area (TPSA) is 87.7 Å². The predicted molar refractivity (Wildman–Crippen MR) is 80.5 cm³/mol. The molecule has 21 heavy (non-hydrogen) atoms. The number of hydrogen-bond donors (Lipinski definition) is 3. The summed E-state index contributed by atoms with van der Waals surface area (Å²) < 4.78 is 5.22. The number of carboxylic acid groups (broad SMARTS) is 1. The Balaban J connectivity index is 2.48. The van der Waals surface area contributed by atoms with Gasteiger partial charge in [0, 0.05) is 18.7 Å². The number of carboxylic acids is 1. The van der Waals surface area contributed by atoms with Gasteiger partial charge in [0.15, 0.2) is 0 Å². The molecule has 0 heterocycles. The van der Waals surface area contributed by atoms with Crippen LogP contribution in [0.2, 0.25) is 0 Å². The van der Waals surface area contributed by atoms with Crippen molar-refractivity contribution in [2.24, 2.45) is 0 Å². The lowest BCUT2D eigenvalue weighted by atomic mass is 10.1. The lowest BCUT2D eigenvalue weighted by molar-refractivity contribution is -0.136. The van der Waals surface area contributed by atoms with Crippen LogP contribution in [0.4, 0.5) is 10.5 Å². The van der Waals surface area contributed by atoms with Crippen LogP contribution in [0.25, 0.3) is 0 Å². The molecule has 3 N–H and O–H groups in total. The highest BCUT2D eigenvalue weighted by Crippen LogP contribution is 2.12. The van der Waals surface area contributed by atoms with Crippen LogP contribution in [0.5, 0.6) is 0 Å². The van der Waals surface area contributed by atoms with Crippen molar-refractivity contribution in [3.63, 3.8) is 0 Å². The van der Waals surface area contributed by atoms with E-state index in [4.69, 9.17) is 9.84 Å². The van der Waals surface area contributed by atoms with Gasteiger partial charge in [-0.3, -0.25) is 4.79 Å². The van der Waals surface area contributed by atoms with Crippen molar-refractivity contribution < 1.29 is 19.4 Å². The molecule has 6 nitrogen and oxygen atoms in total. The van der Waals surface area contributed by atoms with Crippen LogP contribution in [0.3, 0.4) is 0 Å². The predicted octanol–water partition coefficient (Wildman–Crippen LogP) is 2.25. The molecule has 0 radical (unpaired) electrons. The molecule has 0 saturated heterocycles. The van der Waals surface area contributed by atoms with Crippen molar-refractivity contribution in [3.8, 4) is 0 Å². The monoisotopic (exact) mass is 294 g/mol. The second-order valence-corrected chi connectivity index (χ2v) is 4.75. The molecular formula is C15H22N2O4. The van der Waals surface area contributed by atoms with E-state index in [0.29, 0.717) is 25.3 Å². The zero-order valence-electron chi connectivity index (χ0n) is 12.4. The normalized spacial score (nSPS) is 11.7. The van der Waals surface area contributed by atoms with E-state index in [1.54, 1.807) is 18.2 Å². The smallest absolute Gasteiger partial charge is 0.319 e. The van der Waals surface area contributed by atoms with Crippen molar-refractivity contribution in [2.75, 3.05) is 18.5 Å². The molecule has 0 aromatic heterocycles. The summed E-state index contributed by atoms with van der Waals surface area (Å²) in [6.07, 6.45) is 0.508. The maximum absolute atomic E-state index is 11.8. The molecular weight excluding hydrogens is 272 g/mol. The number of amides is 2. The first kappa shape index (κ1) is 17.0. The summed E-state index contributed by atoms with van der Waals surface area (Å²) in [5, 5.41) is 14.2. The standard InChI is InChI=1S/C15H22N2O4/c1-3-21-10-11(2)16-15(20)17-13-6-4-5-12(9-13)7-8-14(18)19/h4-6,9,11H,3,7-8,10H2,1-2H3,(H,18,19)(H2,16,17,20). The van der Waals surface area contributed by atoms with Gasteiger partial charge < -0.3 is 20.5 Å². The number of anilines is 1. The first-order valence-electron chi connectivity index (χ1n) is 6.97. The van der Waals surface area contributed by atoms with E-state index < -0.39 is 5.97 Å². The fourth-order valence-corrected chi connectivity index (χ4v) is 1.78. The molecule has 0 aliphatic rings. The van der Waals surface area contributed by atoms with E-state index in [-0.39, 0.29) is 18.5 Å². The second kappa shape index (κ2) is 8.97. The van der Waals surface area contributed by atoms with E-state index in [2.05, 4.69) is 10.6 Å². The van der Waals surface area contributed by atoms with Crippen molar-refractivity contribution in [3.05, 3.63) is 29.8 Å². The van der Waals surface area contributed by atoms with Crippen LogP contribution in [0.15, 0.2) is 24.3 Å². The molecule has 0 fully saturated rings. The third-order valence-corrected chi connectivity index (χ3v) is 2.76. The first-order valence-corrected chi connectivity index (χ1v) is 6.97. The number of aryl methyl sites for hydroxylation is 1. The summed E-state index contributed by atoms with van der Waals surface area (Å²) in [6, 6.07) is 6.77. The molecule has 6 heteroatoms. The average Bonchev–Trinajstić information content (AvgIpc) is 2.43. The van der Waals surface area contributed by atoms with Gasteiger partial charge in [-0.1, -0.05) is 12.1 Å². The number of nitrogens with one attached hydrogen (secondary N) is 2. The van der Waals surface area contributed by atoms with Crippen LogP contribution in [-0.2, 0) is 16.0 Å². The van der Waals surface area contributed by atoms with Gasteiger partial charge in [-0.15, -0.1) is 0 Å². The number of rotatable bonds is 8. The van der Waals surface area contributed by atoms with Gasteiger partial charge in [-0.05, 0) is 38.0 Å². The van der Waals surface area contributed by atoms with Crippen molar-refractivity contribution in [1.82, 2.24) is 5.32 Å². The lowest BCUT2D eigenvalue weighted by Gasteiger charge is -2.14. The minimum absolute atomic E-state index is 0.0705. The fourth-order valence-electron chi connectivity index (χ4n) is 1.78. The van der Waals surface area contributed by atoms with Crippen molar-refractivity contribution >= 4 is 17.7 Å². The van der Waals surface area contributed by atoms with Crippen LogP contribution < -0.4 is 10.6 Å². The summed E-state index contributed by atoms with van der Waals surface area (Å²) in [7, 11) is 0. The summed E-state index contributed by atoms with van der Waals surface area (Å²) >= 11 is 0. The molecule has 1 rings (SSSR count). The Kier molecular flexibility index (Phi) is 7.25. The van der Waals surface area contributed by atoms with Gasteiger partial charge in [-0.2, -0.15) is 0 Å². The summed E-state index contributed by atoms with van der Waals surface area (Å²) in [5.41, 5.74) is 1.51. The quantitative estimate of drug-likeness (QED) is 0.686. The van der Waals surface area contributed by atoms with Crippen LogP contribution >= 0.6 is 0 Å². The van der Waals surface area contributed by atoms with Crippen LogP contribution in [-0.4, -0.2) is 36.4 Å². The lowest BCUT2D eigenvalue weighted by Crippen LogP contribution is -2.38. The van der Waals surface area contributed by atoms with E-state index in [9.17, 15) is 9.59 Å². The molecule has 0 spiro atoms. The number of hydrogen-bond acceptors (Lipinski definition) is 3. The van der Waals surface area contributed by atoms with Gasteiger partial charge in [0.25, 0.3) is 0 Å². The SMILES string of the molecule is CCOCC(C)NC(=O)Nc1cccc(CCC(=O)O)c1. The van der Waals surface area contributed by atoms with E-state index in [1.165, 1.54) is 0 Å². The number of carbonyl (C=O) groups is 2. The highest BCUT2D eigenvalue weighted by atomic mass is 16.5. The van der Waals surface area contributed by atoms with Crippen LogP contribution in [0.1, 0.15) is 25.8 Å². The summed E-state index contributed by atoms with van der Waals surface area (Å²) in [6.45, 7) is 4.83. The first-order chi connectivity index (χ1) is 10.0. The Labute approximate surface area is 124 Å². The Morgan fingerprint density at radius 2 is 2.14 bits per heavy atom. The summed E-state index contributed by atoms with van der Waals surface area (Å²) in [5.74, 6) is -0.837. The highest BCUT2D eigenvalue weighted by Gasteiger charge is 2.08. The van der Waals surface area contributed by atoms with Crippen molar-refractivity contribution in [2.45, 2.75) is 32.7 Å². The molecule has 116 valence electrons. The summed E-state index contributed by atoms with van der Waals surface area (Å²) in [4.78, 5) is 22.3. The fraction of sp³-hybridized carbons (Fsp3) is 0.467. The number of carbonyl (C=O) groups excluding carboxylic acids is 1. The Bertz CT molecular complexity index is 476. The molecule has 0 aliphatic carbocycles. The number of benzene rings is 1. The molecule has 0 saturated carbocycles. The van der Waals surface area contributed by atoms with Gasteiger partial charge in [0.05, 0.1) is 12.6 Å². The third kappa shape index (κ3) is 7.31. The van der Waals surface area contributed by atoms with E-state index >= 15 is 0 Å². The number of aliphatic carboxylic acids is 1. The zero-order chi connectivity index (χ0) is 15.7. The second-order valence-electron chi connectivity index (χ2n) is 4.75. The largest absolute Gasteiger partial charge is 0.481 e. The molecule has 0 aliphatic heterocycles. The number of ether oxygens (including phenoxy) is 1. The Morgan fingerprint density at radius 1 is 1.38 bits per heavy atom. The highest BCUT2D eigenvalue weighted by molar-refractivity contribution is 5.89. The molecule has 0 bridgehead atoms. The molecule has 1 unspecified atom stereocenters. The molecule has 1 aromatic rings. The zero-order valence-corrected chi connectivity index (χ0v) is 12.4. The molecule has 1 aromatic carbocycles. The van der Waals surface area contributed by atoms with Gasteiger partial charge >= 0.3 is 12.0 Å².